The van der Waals surface area contributed by atoms with Crippen LogP contribution in [0, 0.1) is 6.92 Å². The first-order valence-electron chi connectivity index (χ1n) is 4.28. The van der Waals surface area contributed by atoms with Crippen molar-refractivity contribution in [1.29, 1.82) is 0 Å². The standard InChI is InChI=1S/C11H15B/c1-8-5-6-9(7-10(8)12)11(2,3)4/h5-7H,1-4H3. The Balaban J connectivity index is 3.14. The second kappa shape index (κ2) is 2.97. The van der Waals surface area contributed by atoms with Gasteiger partial charge in [-0.3, -0.25) is 0 Å². The first-order chi connectivity index (χ1) is 5.41. The van der Waals surface area contributed by atoms with Gasteiger partial charge in [-0.05, 0) is 17.9 Å². The van der Waals surface area contributed by atoms with Crippen LogP contribution in [-0.2, 0) is 5.41 Å². The Bertz CT molecular complexity index is 282. The van der Waals surface area contributed by atoms with Crippen molar-refractivity contribution in [1.82, 2.24) is 0 Å². The van der Waals surface area contributed by atoms with Crippen LogP contribution in [0.3, 0.4) is 0 Å². The van der Waals surface area contributed by atoms with Crippen molar-refractivity contribution in [2.45, 2.75) is 33.1 Å². The maximum absolute atomic E-state index is 5.82. The van der Waals surface area contributed by atoms with E-state index in [4.69, 9.17) is 7.85 Å². The molecule has 0 bridgehead atoms. The molecule has 1 heteroatoms. The van der Waals surface area contributed by atoms with Crippen molar-refractivity contribution >= 4 is 13.3 Å². The second-order valence-electron chi connectivity index (χ2n) is 4.32. The van der Waals surface area contributed by atoms with Gasteiger partial charge >= 0.3 is 0 Å². The second-order valence-corrected chi connectivity index (χ2v) is 4.32. The third-order valence-corrected chi connectivity index (χ3v) is 2.15. The predicted octanol–water partition coefficient (Wildman–Crippen LogP) is 2.09. The van der Waals surface area contributed by atoms with Crippen LogP contribution in [0.15, 0.2) is 18.2 Å². The molecule has 0 unspecified atom stereocenters. The van der Waals surface area contributed by atoms with E-state index in [0.717, 1.165) is 11.0 Å². The number of rotatable bonds is 0. The highest BCUT2D eigenvalue weighted by atomic mass is 14.2. The van der Waals surface area contributed by atoms with Gasteiger partial charge in [0.15, 0.2) is 0 Å². The van der Waals surface area contributed by atoms with E-state index in [1.807, 2.05) is 6.92 Å². The number of aryl methyl sites for hydroxylation is 1. The van der Waals surface area contributed by atoms with Gasteiger partial charge in [-0.15, -0.1) is 0 Å². The Labute approximate surface area is 76.4 Å². The zero-order valence-electron chi connectivity index (χ0n) is 8.31. The molecule has 0 heterocycles. The molecule has 1 rings (SSSR count). The van der Waals surface area contributed by atoms with Crippen LogP contribution in [0.5, 0.6) is 0 Å². The third-order valence-electron chi connectivity index (χ3n) is 2.15. The molecular weight excluding hydrogens is 143 g/mol. The lowest BCUT2D eigenvalue weighted by atomic mass is 9.81. The summed E-state index contributed by atoms with van der Waals surface area (Å²) in [6.45, 7) is 8.60. The Morgan fingerprint density at radius 3 is 2.17 bits per heavy atom. The van der Waals surface area contributed by atoms with E-state index >= 15 is 0 Å². The van der Waals surface area contributed by atoms with Gasteiger partial charge in [-0.1, -0.05) is 50.0 Å². The first-order valence-corrected chi connectivity index (χ1v) is 4.28. The summed E-state index contributed by atoms with van der Waals surface area (Å²) in [4.78, 5) is 0. The van der Waals surface area contributed by atoms with E-state index < -0.39 is 0 Å². The van der Waals surface area contributed by atoms with Gasteiger partial charge in [0.2, 0.25) is 0 Å². The minimum absolute atomic E-state index is 0.196. The largest absolute Gasteiger partial charge is 0.114 e. The number of hydrogen-bond acceptors (Lipinski definition) is 0. The van der Waals surface area contributed by atoms with E-state index in [-0.39, 0.29) is 5.41 Å². The molecule has 0 amide bonds. The Morgan fingerprint density at radius 1 is 1.17 bits per heavy atom. The van der Waals surface area contributed by atoms with E-state index in [1.54, 1.807) is 0 Å². The third kappa shape index (κ3) is 1.91. The van der Waals surface area contributed by atoms with Gasteiger partial charge in [0.05, 0.1) is 0 Å². The zero-order valence-corrected chi connectivity index (χ0v) is 8.31. The molecule has 2 radical (unpaired) electrons. The van der Waals surface area contributed by atoms with Gasteiger partial charge in [-0.2, -0.15) is 0 Å². The SMILES string of the molecule is [B]c1cc(C(C)(C)C)ccc1C. The highest BCUT2D eigenvalue weighted by molar-refractivity contribution is 6.33. The van der Waals surface area contributed by atoms with E-state index in [9.17, 15) is 0 Å². The quantitative estimate of drug-likeness (QED) is 0.507. The van der Waals surface area contributed by atoms with Gasteiger partial charge in [-0.25, -0.2) is 0 Å². The molecule has 0 aliphatic heterocycles. The van der Waals surface area contributed by atoms with Gasteiger partial charge < -0.3 is 0 Å². The maximum atomic E-state index is 5.82. The summed E-state index contributed by atoms with van der Waals surface area (Å²) in [5, 5.41) is 0. The van der Waals surface area contributed by atoms with Crippen LogP contribution in [0.25, 0.3) is 0 Å². The highest BCUT2D eigenvalue weighted by Gasteiger charge is 2.13. The molecule has 0 spiro atoms. The Morgan fingerprint density at radius 2 is 1.75 bits per heavy atom. The van der Waals surface area contributed by atoms with Crippen molar-refractivity contribution < 1.29 is 0 Å². The monoisotopic (exact) mass is 158 g/mol. The van der Waals surface area contributed by atoms with Crippen LogP contribution in [0.4, 0.5) is 0 Å². The maximum Gasteiger partial charge on any atom is 0.114 e. The summed E-state index contributed by atoms with van der Waals surface area (Å²) in [6, 6.07) is 6.29. The first kappa shape index (κ1) is 9.37. The van der Waals surface area contributed by atoms with Gasteiger partial charge in [0.25, 0.3) is 0 Å². The molecule has 0 atom stereocenters. The average Bonchev–Trinajstić information content (AvgIpc) is 1.92. The van der Waals surface area contributed by atoms with Crippen molar-refractivity contribution in [2.75, 3.05) is 0 Å². The molecule has 0 saturated heterocycles. The fraction of sp³-hybridized carbons (Fsp3) is 0.455. The Kier molecular flexibility index (Phi) is 2.32. The van der Waals surface area contributed by atoms with Crippen LogP contribution < -0.4 is 5.46 Å². The van der Waals surface area contributed by atoms with Crippen molar-refractivity contribution in [3.63, 3.8) is 0 Å². The fourth-order valence-corrected chi connectivity index (χ4v) is 1.11. The van der Waals surface area contributed by atoms with Crippen LogP contribution in [-0.4, -0.2) is 7.85 Å². The van der Waals surface area contributed by atoms with E-state index in [0.29, 0.717) is 0 Å². The molecule has 0 nitrogen and oxygen atoms in total. The molecule has 1 aromatic rings. The highest BCUT2D eigenvalue weighted by Crippen LogP contribution is 2.20. The molecule has 0 N–H and O–H groups in total. The molecule has 0 aromatic heterocycles. The topological polar surface area (TPSA) is 0 Å². The van der Waals surface area contributed by atoms with Crippen molar-refractivity contribution in [3.05, 3.63) is 29.3 Å². The predicted molar refractivity (Wildman–Crippen MR) is 55.3 cm³/mol. The zero-order chi connectivity index (χ0) is 9.35. The normalized spacial score (nSPS) is 11.7. The van der Waals surface area contributed by atoms with Crippen LogP contribution in [0.2, 0.25) is 0 Å². The molecular formula is C11H15B. The van der Waals surface area contributed by atoms with Crippen LogP contribution >= 0.6 is 0 Å². The fourth-order valence-electron chi connectivity index (χ4n) is 1.11. The summed E-state index contributed by atoms with van der Waals surface area (Å²) in [5.41, 5.74) is 3.54. The smallest absolute Gasteiger partial charge is 0.0935 e. The molecule has 1 aromatic carbocycles. The number of hydrogen-bond donors (Lipinski definition) is 0. The lowest BCUT2D eigenvalue weighted by Gasteiger charge is -2.20. The minimum atomic E-state index is 0.196. The summed E-state index contributed by atoms with van der Waals surface area (Å²) in [6.07, 6.45) is 0. The lowest BCUT2D eigenvalue weighted by Crippen LogP contribution is -2.16. The van der Waals surface area contributed by atoms with Gasteiger partial charge in [0.1, 0.15) is 7.85 Å². The molecule has 0 saturated carbocycles. The number of benzene rings is 1. The summed E-state index contributed by atoms with van der Waals surface area (Å²) < 4.78 is 0. The van der Waals surface area contributed by atoms with E-state index in [1.165, 1.54) is 5.56 Å². The molecule has 0 aliphatic carbocycles. The van der Waals surface area contributed by atoms with E-state index in [2.05, 4.69) is 39.0 Å². The van der Waals surface area contributed by atoms with Crippen LogP contribution in [0.1, 0.15) is 31.9 Å². The average molecular weight is 158 g/mol. The Hall–Kier alpha value is -0.715. The van der Waals surface area contributed by atoms with Gasteiger partial charge in [0, 0.05) is 0 Å². The summed E-state index contributed by atoms with van der Waals surface area (Å²) >= 11 is 0. The van der Waals surface area contributed by atoms with Crippen molar-refractivity contribution in [2.24, 2.45) is 0 Å². The van der Waals surface area contributed by atoms with Crippen molar-refractivity contribution in [3.8, 4) is 0 Å². The lowest BCUT2D eigenvalue weighted by molar-refractivity contribution is 0.590. The summed E-state index contributed by atoms with van der Waals surface area (Å²) in [5.74, 6) is 0. The molecule has 0 fully saturated rings. The molecule has 62 valence electrons. The molecule has 0 aliphatic rings. The minimum Gasteiger partial charge on any atom is -0.0935 e. The molecule has 12 heavy (non-hydrogen) atoms. The summed E-state index contributed by atoms with van der Waals surface area (Å²) in [7, 11) is 5.82.